The Morgan fingerprint density at radius 2 is 1.86 bits per heavy atom. The Labute approximate surface area is 219 Å². The Bertz CT molecular complexity index is 1510. The van der Waals surface area contributed by atoms with E-state index in [0.717, 1.165) is 59.4 Å². The van der Waals surface area contributed by atoms with Gasteiger partial charge in [-0.05, 0) is 51.0 Å². The number of amides is 1. The molecule has 1 fully saturated rings. The minimum absolute atomic E-state index is 0.113. The van der Waals surface area contributed by atoms with Gasteiger partial charge in [-0.25, -0.2) is 19.6 Å². The van der Waals surface area contributed by atoms with E-state index in [9.17, 15) is 9.59 Å². The zero-order valence-electron chi connectivity index (χ0n) is 21.5. The molecule has 11 heteroatoms. The first-order valence-corrected chi connectivity index (χ1v) is 13.9. The Kier molecular flexibility index (Phi) is 7.40. The van der Waals surface area contributed by atoms with E-state index >= 15 is 0 Å². The third kappa shape index (κ3) is 5.04. The summed E-state index contributed by atoms with van der Waals surface area (Å²) in [5.74, 6) is 1.42. The first kappa shape index (κ1) is 25.2. The Morgan fingerprint density at radius 1 is 1.05 bits per heavy atom. The molecule has 0 aliphatic carbocycles. The van der Waals surface area contributed by atoms with E-state index in [2.05, 4.69) is 27.2 Å². The van der Waals surface area contributed by atoms with Crippen LogP contribution >= 0.6 is 11.8 Å². The molecule has 0 saturated carbocycles. The average Bonchev–Trinajstić information content (AvgIpc) is 3.32. The van der Waals surface area contributed by atoms with Crippen molar-refractivity contribution in [3.63, 3.8) is 0 Å². The lowest BCUT2D eigenvalue weighted by Gasteiger charge is -2.28. The molecule has 1 amide bonds. The number of fused-ring (bicyclic) bond motifs is 2. The van der Waals surface area contributed by atoms with Gasteiger partial charge in [0.05, 0.1) is 23.5 Å². The van der Waals surface area contributed by atoms with Crippen molar-refractivity contribution in [3.8, 4) is 0 Å². The summed E-state index contributed by atoms with van der Waals surface area (Å²) in [5, 5.41) is 9.57. The Balaban J connectivity index is 1.37. The largest absolute Gasteiger partial charge is 0.356 e. The van der Waals surface area contributed by atoms with Crippen molar-refractivity contribution in [2.75, 3.05) is 30.3 Å². The van der Waals surface area contributed by atoms with Gasteiger partial charge in [0.2, 0.25) is 5.43 Å². The molecule has 4 aromatic rings. The van der Waals surface area contributed by atoms with Crippen LogP contribution < -0.4 is 15.6 Å². The van der Waals surface area contributed by atoms with E-state index in [0.29, 0.717) is 30.7 Å². The molecule has 1 N–H and O–H groups in total. The van der Waals surface area contributed by atoms with E-state index in [-0.39, 0.29) is 11.0 Å². The fourth-order valence-corrected chi connectivity index (χ4v) is 5.32. The first-order valence-electron chi connectivity index (χ1n) is 12.9. The lowest BCUT2D eigenvalue weighted by atomic mass is 10.1. The fourth-order valence-electron chi connectivity index (χ4n) is 4.76. The SMILES string of the molecule is CCSc1nc(N2CCCCC2)c2cnn(CCNC(=O)c3cn(CC)c4nc(C)ccc4c3=O)c2n1. The maximum absolute atomic E-state index is 13.0. The van der Waals surface area contributed by atoms with Gasteiger partial charge in [0.25, 0.3) is 5.91 Å². The Morgan fingerprint density at radius 3 is 2.62 bits per heavy atom. The summed E-state index contributed by atoms with van der Waals surface area (Å²) in [6.07, 6.45) is 6.98. The third-order valence-electron chi connectivity index (χ3n) is 6.64. The minimum Gasteiger partial charge on any atom is -0.356 e. The van der Waals surface area contributed by atoms with Gasteiger partial charge in [0.15, 0.2) is 10.8 Å². The van der Waals surface area contributed by atoms with E-state index in [1.165, 1.54) is 6.42 Å². The maximum atomic E-state index is 13.0. The predicted molar refractivity (Wildman–Crippen MR) is 147 cm³/mol. The number of nitrogens with one attached hydrogen (secondary N) is 1. The summed E-state index contributed by atoms with van der Waals surface area (Å²) in [7, 11) is 0. The number of hydrogen-bond donors (Lipinski definition) is 1. The molecule has 10 nitrogen and oxygen atoms in total. The number of nitrogens with zero attached hydrogens (tertiary/aromatic N) is 7. The van der Waals surface area contributed by atoms with Crippen LogP contribution in [0.4, 0.5) is 5.82 Å². The molecule has 1 aliphatic heterocycles. The van der Waals surface area contributed by atoms with Gasteiger partial charge in [-0.3, -0.25) is 9.59 Å². The van der Waals surface area contributed by atoms with Gasteiger partial charge in [0, 0.05) is 38.1 Å². The summed E-state index contributed by atoms with van der Waals surface area (Å²) in [6.45, 7) is 9.24. The number of piperidine rings is 1. The molecule has 5 heterocycles. The van der Waals surface area contributed by atoms with Crippen molar-refractivity contribution >= 4 is 45.6 Å². The van der Waals surface area contributed by atoms with Crippen molar-refractivity contribution in [1.29, 1.82) is 0 Å². The van der Waals surface area contributed by atoms with Crippen molar-refractivity contribution in [3.05, 3.63) is 46.0 Å². The topological polar surface area (TPSA) is 111 Å². The molecule has 0 spiro atoms. The molecule has 1 aliphatic rings. The van der Waals surface area contributed by atoms with Crippen LogP contribution in [0.5, 0.6) is 0 Å². The second kappa shape index (κ2) is 10.9. The summed E-state index contributed by atoms with van der Waals surface area (Å²) in [5.41, 5.74) is 1.99. The van der Waals surface area contributed by atoms with Crippen LogP contribution in [0.15, 0.2) is 34.5 Å². The number of carbonyl (C=O) groups excluding carboxylic acids is 1. The summed E-state index contributed by atoms with van der Waals surface area (Å²) >= 11 is 1.61. The van der Waals surface area contributed by atoms with Crippen LogP contribution in [0.25, 0.3) is 22.1 Å². The standard InChI is InChI=1S/C26H32N8O2S/c1-4-32-16-20(21(35)18-10-9-17(3)29-22(18)32)25(36)27-11-14-34-24-19(15-28-34)23(30-26(31-24)37-5-2)33-12-7-6-8-13-33/h9-10,15-16H,4-8,11-14H2,1-3H3,(H,27,36). The lowest BCUT2D eigenvalue weighted by Crippen LogP contribution is -2.32. The molecule has 37 heavy (non-hydrogen) atoms. The van der Waals surface area contributed by atoms with Crippen molar-refractivity contribution < 1.29 is 4.79 Å². The third-order valence-corrected chi connectivity index (χ3v) is 7.37. The van der Waals surface area contributed by atoms with Gasteiger partial charge in [0.1, 0.15) is 17.0 Å². The molecule has 1 saturated heterocycles. The molecular formula is C26H32N8O2S. The summed E-state index contributed by atoms with van der Waals surface area (Å²) < 4.78 is 3.65. The van der Waals surface area contributed by atoms with Gasteiger partial charge >= 0.3 is 0 Å². The highest BCUT2D eigenvalue weighted by Crippen LogP contribution is 2.29. The van der Waals surface area contributed by atoms with Crippen molar-refractivity contribution in [2.24, 2.45) is 0 Å². The number of carbonyl (C=O) groups is 1. The van der Waals surface area contributed by atoms with Gasteiger partial charge < -0.3 is 14.8 Å². The minimum atomic E-state index is -0.406. The molecule has 0 bridgehead atoms. The predicted octanol–water partition coefficient (Wildman–Crippen LogP) is 3.40. The van der Waals surface area contributed by atoms with Gasteiger partial charge in [-0.15, -0.1) is 0 Å². The number of rotatable bonds is 8. The molecule has 5 rings (SSSR count). The van der Waals surface area contributed by atoms with E-state index < -0.39 is 5.91 Å². The smallest absolute Gasteiger partial charge is 0.256 e. The van der Waals surface area contributed by atoms with Crippen LogP contribution in [-0.4, -0.2) is 60.6 Å². The second-order valence-corrected chi connectivity index (χ2v) is 10.4. The van der Waals surface area contributed by atoms with Crippen LogP contribution in [0.2, 0.25) is 0 Å². The highest BCUT2D eigenvalue weighted by molar-refractivity contribution is 7.99. The quantitative estimate of drug-likeness (QED) is 0.278. The molecule has 194 valence electrons. The highest BCUT2D eigenvalue weighted by Gasteiger charge is 2.20. The van der Waals surface area contributed by atoms with Crippen LogP contribution in [0.1, 0.15) is 49.2 Å². The zero-order valence-corrected chi connectivity index (χ0v) is 22.3. The summed E-state index contributed by atoms with van der Waals surface area (Å²) in [6, 6.07) is 3.53. The van der Waals surface area contributed by atoms with Crippen molar-refractivity contribution in [1.82, 2.24) is 34.6 Å². The number of aryl methyl sites for hydroxylation is 2. The molecular weight excluding hydrogens is 488 g/mol. The normalized spacial score (nSPS) is 14.0. The van der Waals surface area contributed by atoms with Crippen molar-refractivity contribution in [2.45, 2.75) is 58.3 Å². The van der Waals surface area contributed by atoms with Crippen LogP contribution in [-0.2, 0) is 13.1 Å². The monoisotopic (exact) mass is 520 g/mol. The maximum Gasteiger partial charge on any atom is 0.256 e. The van der Waals surface area contributed by atoms with E-state index in [1.807, 2.05) is 29.3 Å². The van der Waals surface area contributed by atoms with E-state index in [1.54, 1.807) is 30.1 Å². The molecule has 0 atom stereocenters. The van der Waals surface area contributed by atoms with Crippen LogP contribution in [0.3, 0.4) is 0 Å². The second-order valence-electron chi connectivity index (χ2n) is 9.15. The van der Waals surface area contributed by atoms with Crippen LogP contribution in [0, 0.1) is 6.92 Å². The number of thioether (sulfide) groups is 1. The highest BCUT2D eigenvalue weighted by atomic mass is 32.2. The first-order chi connectivity index (χ1) is 18.0. The average molecular weight is 521 g/mol. The molecule has 4 aromatic heterocycles. The van der Waals surface area contributed by atoms with Gasteiger partial charge in [-0.2, -0.15) is 5.10 Å². The zero-order chi connectivity index (χ0) is 25.9. The number of aromatic nitrogens is 6. The number of hydrogen-bond acceptors (Lipinski definition) is 8. The Hall–Kier alpha value is -3.47. The summed E-state index contributed by atoms with van der Waals surface area (Å²) in [4.78, 5) is 42.5. The molecule has 0 radical (unpaired) electrons. The molecule has 0 unspecified atom stereocenters. The van der Waals surface area contributed by atoms with Gasteiger partial charge in [-0.1, -0.05) is 18.7 Å². The fraction of sp³-hybridized carbons (Fsp3) is 0.462. The lowest BCUT2D eigenvalue weighted by molar-refractivity contribution is 0.0950. The van der Waals surface area contributed by atoms with E-state index in [4.69, 9.17) is 9.97 Å². The molecule has 0 aromatic carbocycles. The number of anilines is 1. The number of pyridine rings is 2.